The van der Waals surface area contributed by atoms with E-state index < -0.39 is 10.0 Å². The highest BCUT2D eigenvalue weighted by atomic mass is 32.2. The van der Waals surface area contributed by atoms with Crippen molar-refractivity contribution >= 4 is 27.3 Å². The normalized spacial score (nSPS) is 16.6. The molecule has 0 radical (unpaired) electrons. The number of carbonyl (C=O) groups is 1. The van der Waals surface area contributed by atoms with Gasteiger partial charge in [-0.05, 0) is 74.4 Å². The van der Waals surface area contributed by atoms with Crippen molar-refractivity contribution in [3.05, 3.63) is 81.5 Å². The van der Waals surface area contributed by atoms with Crippen LogP contribution < -0.4 is 4.74 Å². The average molecular weight is 527 g/mol. The second kappa shape index (κ2) is 11.2. The van der Waals surface area contributed by atoms with Gasteiger partial charge in [0.25, 0.3) is 0 Å². The Morgan fingerprint density at radius 2 is 1.86 bits per heavy atom. The Morgan fingerprint density at radius 1 is 1.14 bits per heavy atom. The van der Waals surface area contributed by atoms with Gasteiger partial charge in [-0.15, -0.1) is 11.3 Å². The number of amides is 1. The minimum absolute atomic E-state index is 0.203. The largest absolute Gasteiger partial charge is 0.491 e. The predicted octanol–water partition coefficient (Wildman–Crippen LogP) is 5.36. The zero-order valence-electron chi connectivity index (χ0n) is 21.3. The van der Waals surface area contributed by atoms with Crippen LogP contribution >= 0.6 is 11.3 Å². The van der Waals surface area contributed by atoms with E-state index in [1.54, 1.807) is 40.5 Å². The lowest BCUT2D eigenvalue weighted by atomic mass is 10.0. The molecule has 0 spiro atoms. The van der Waals surface area contributed by atoms with E-state index in [-0.39, 0.29) is 29.4 Å². The molecule has 1 amide bonds. The molecule has 0 unspecified atom stereocenters. The molecular weight excluding hydrogens is 492 g/mol. The van der Waals surface area contributed by atoms with Gasteiger partial charge in [0, 0.05) is 17.5 Å². The molecule has 0 saturated heterocycles. The minimum Gasteiger partial charge on any atom is -0.491 e. The van der Waals surface area contributed by atoms with E-state index >= 15 is 0 Å². The SMILES string of the molecule is CC[C@H](C)N(CC(=O)N1CCc2sccc2[C@H]1COc1ccccc1C)S(=O)(=O)c1ccc(C)cc1. The van der Waals surface area contributed by atoms with Crippen LogP contribution in [0.25, 0.3) is 0 Å². The smallest absolute Gasteiger partial charge is 0.243 e. The molecule has 1 aliphatic heterocycles. The van der Waals surface area contributed by atoms with Crippen molar-refractivity contribution in [2.45, 2.75) is 57.5 Å². The Labute approximate surface area is 218 Å². The highest BCUT2D eigenvalue weighted by Crippen LogP contribution is 2.34. The maximum atomic E-state index is 13.7. The number of hydrogen-bond donors (Lipinski definition) is 0. The summed E-state index contributed by atoms with van der Waals surface area (Å²) >= 11 is 1.69. The Balaban J connectivity index is 1.59. The quantitative estimate of drug-likeness (QED) is 0.377. The Hall–Kier alpha value is -2.68. The van der Waals surface area contributed by atoms with Crippen LogP contribution in [0.4, 0.5) is 0 Å². The summed E-state index contributed by atoms with van der Waals surface area (Å²) in [5, 5.41) is 2.05. The summed E-state index contributed by atoms with van der Waals surface area (Å²) in [6, 6.07) is 16.1. The van der Waals surface area contributed by atoms with Crippen LogP contribution in [-0.4, -0.2) is 49.3 Å². The number of carbonyl (C=O) groups excluding carboxylic acids is 1. The fraction of sp³-hybridized carbons (Fsp3) is 0.393. The molecule has 0 aliphatic carbocycles. The minimum atomic E-state index is -3.83. The lowest BCUT2D eigenvalue weighted by Crippen LogP contribution is -2.49. The van der Waals surface area contributed by atoms with Crippen LogP contribution in [0.5, 0.6) is 5.75 Å². The molecule has 2 heterocycles. The van der Waals surface area contributed by atoms with Crippen LogP contribution in [0, 0.1) is 13.8 Å². The van der Waals surface area contributed by atoms with E-state index in [9.17, 15) is 13.2 Å². The van der Waals surface area contributed by atoms with E-state index in [2.05, 4.69) is 6.07 Å². The molecule has 1 aromatic heterocycles. The number of sulfonamides is 1. The van der Waals surface area contributed by atoms with E-state index in [0.717, 1.165) is 28.9 Å². The number of fused-ring (bicyclic) bond motifs is 1. The maximum absolute atomic E-state index is 13.7. The summed E-state index contributed by atoms with van der Waals surface area (Å²) in [6.45, 7) is 8.35. The van der Waals surface area contributed by atoms with Gasteiger partial charge in [-0.2, -0.15) is 4.31 Å². The number of hydrogen-bond acceptors (Lipinski definition) is 5. The fourth-order valence-electron chi connectivity index (χ4n) is 4.51. The molecule has 2 atom stereocenters. The molecule has 3 aromatic rings. The molecule has 0 N–H and O–H groups in total. The molecule has 0 saturated carbocycles. The molecule has 192 valence electrons. The van der Waals surface area contributed by atoms with Gasteiger partial charge in [-0.1, -0.05) is 42.8 Å². The number of thiophene rings is 1. The third-order valence-electron chi connectivity index (χ3n) is 6.91. The van der Waals surface area contributed by atoms with Gasteiger partial charge in [0.2, 0.25) is 15.9 Å². The van der Waals surface area contributed by atoms with Crippen molar-refractivity contribution in [2.24, 2.45) is 0 Å². The third-order valence-corrected chi connectivity index (χ3v) is 9.88. The van der Waals surface area contributed by atoms with Gasteiger partial charge < -0.3 is 9.64 Å². The van der Waals surface area contributed by atoms with Gasteiger partial charge in [0.15, 0.2) is 0 Å². The summed E-state index contributed by atoms with van der Waals surface area (Å²) in [5.41, 5.74) is 3.10. The number of ether oxygens (including phenoxy) is 1. The molecule has 0 bridgehead atoms. The van der Waals surface area contributed by atoms with Crippen molar-refractivity contribution in [3.8, 4) is 5.75 Å². The zero-order chi connectivity index (χ0) is 25.9. The first-order chi connectivity index (χ1) is 17.2. The van der Waals surface area contributed by atoms with Crippen LogP contribution in [0.15, 0.2) is 64.9 Å². The highest BCUT2D eigenvalue weighted by molar-refractivity contribution is 7.89. The molecule has 0 fully saturated rings. The first-order valence-electron chi connectivity index (χ1n) is 12.3. The van der Waals surface area contributed by atoms with Gasteiger partial charge >= 0.3 is 0 Å². The molecule has 2 aromatic carbocycles. The molecule has 6 nitrogen and oxygen atoms in total. The Kier molecular flexibility index (Phi) is 8.17. The lowest BCUT2D eigenvalue weighted by molar-refractivity contribution is -0.135. The third kappa shape index (κ3) is 5.51. The summed E-state index contributed by atoms with van der Waals surface area (Å²) in [5.74, 6) is 0.580. The van der Waals surface area contributed by atoms with Crippen LogP contribution in [-0.2, 0) is 21.2 Å². The van der Waals surface area contributed by atoms with E-state index in [1.807, 2.05) is 57.3 Å². The van der Waals surface area contributed by atoms with Crippen molar-refractivity contribution in [1.82, 2.24) is 9.21 Å². The second-order valence-electron chi connectivity index (χ2n) is 9.35. The highest BCUT2D eigenvalue weighted by Gasteiger charge is 2.36. The van der Waals surface area contributed by atoms with Crippen LogP contribution in [0.2, 0.25) is 0 Å². The summed E-state index contributed by atoms with van der Waals surface area (Å²) in [4.78, 5) is 17.0. The van der Waals surface area contributed by atoms with E-state index in [0.29, 0.717) is 19.6 Å². The first-order valence-corrected chi connectivity index (χ1v) is 14.7. The van der Waals surface area contributed by atoms with Crippen LogP contribution in [0.1, 0.15) is 47.9 Å². The predicted molar refractivity (Wildman–Crippen MR) is 144 cm³/mol. The molecule has 1 aliphatic rings. The first kappa shape index (κ1) is 26.4. The number of nitrogens with zero attached hydrogens (tertiary/aromatic N) is 2. The molecule has 36 heavy (non-hydrogen) atoms. The van der Waals surface area contributed by atoms with Crippen molar-refractivity contribution < 1.29 is 17.9 Å². The van der Waals surface area contributed by atoms with Gasteiger partial charge in [-0.3, -0.25) is 4.79 Å². The number of aryl methyl sites for hydroxylation is 2. The summed E-state index contributed by atoms with van der Waals surface area (Å²) in [7, 11) is -3.83. The molecular formula is C28H34N2O4S2. The monoisotopic (exact) mass is 526 g/mol. The van der Waals surface area contributed by atoms with Gasteiger partial charge in [0.05, 0.1) is 17.5 Å². The Bertz CT molecular complexity index is 1300. The average Bonchev–Trinajstić information content (AvgIpc) is 3.35. The van der Waals surface area contributed by atoms with Crippen molar-refractivity contribution in [3.63, 3.8) is 0 Å². The van der Waals surface area contributed by atoms with Crippen LogP contribution in [0.3, 0.4) is 0 Å². The van der Waals surface area contributed by atoms with E-state index in [4.69, 9.17) is 4.74 Å². The lowest BCUT2D eigenvalue weighted by Gasteiger charge is -2.37. The summed E-state index contributed by atoms with van der Waals surface area (Å²) < 4.78 is 34.7. The maximum Gasteiger partial charge on any atom is 0.243 e. The Morgan fingerprint density at radius 3 is 2.56 bits per heavy atom. The molecule has 4 rings (SSSR count). The van der Waals surface area contributed by atoms with Crippen molar-refractivity contribution in [2.75, 3.05) is 19.7 Å². The number of para-hydroxylation sites is 1. The van der Waals surface area contributed by atoms with Gasteiger partial charge in [-0.25, -0.2) is 8.42 Å². The van der Waals surface area contributed by atoms with Crippen molar-refractivity contribution in [1.29, 1.82) is 0 Å². The fourth-order valence-corrected chi connectivity index (χ4v) is 7.10. The zero-order valence-corrected chi connectivity index (χ0v) is 22.9. The van der Waals surface area contributed by atoms with E-state index in [1.165, 1.54) is 9.18 Å². The topological polar surface area (TPSA) is 66.9 Å². The van der Waals surface area contributed by atoms with Gasteiger partial charge in [0.1, 0.15) is 12.4 Å². The number of rotatable bonds is 9. The second-order valence-corrected chi connectivity index (χ2v) is 12.2. The number of benzene rings is 2. The standard InChI is InChI=1S/C28H34N2O4S2/c1-5-22(4)30(36(32,33)23-12-10-20(2)11-13-23)18-28(31)29-16-14-27-24(15-17-35-27)25(29)19-34-26-9-7-6-8-21(26)3/h6-13,15,17,22,25H,5,14,16,18-19H2,1-4H3/t22-,25+/m0/s1. The molecule has 8 heteroatoms. The summed E-state index contributed by atoms with van der Waals surface area (Å²) in [6.07, 6.45) is 1.36.